The molecule has 2 aromatic rings. The van der Waals surface area contributed by atoms with Crippen LogP contribution < -0.4 is 19.7 Å². The van der Waals surface area contributed by atoms with E-state index in [0.29, 0.717) is 18.3 Å². The predicted molar refractivity (Wildman–Crippen MR) is 83.3 cm³/mol. The fourth-order valence-corrected chi connectivity index (χ4v) is 2.26. The Morgan fingerprint density at radius 1 is 1.18 bits per heavy atom. The van der Waals surface area contributed by atoms with Crippen LogP contribution in [0.2, 0.25) is 0 Å². The maximum atomic E-state index is 5.38. The Labute approximate surface area is 129 Å². The molecule has 22 heavy (non-hydrogen) atoms. The highest BCUT2D eigenvalue weighted by Crippen LogP contribution is 2.32. The molecule has 0 atom stereocenters. The molecule has 0 spiro atoms. The third-order valence-corrected chi connectivity index (χ3v) is 3.50. The SMILES string of the molecule is CCN(CC)c1nncc(NCc2ccc3c(c2)OCO3)n1. The van der Waals surface area contributed by atoms with Crippen molar-refractivity contribution < 1.29 is 9.47 Å². The lowest BCUT2D eigenvalue weighted by molar-refractivity contribution is 0.174. The fourth-order valence-electron chi connectivity index (χ4n) is 2.26. The number of anilines is 2. The summed E-state index contributed by atoms with van der Waals surface area (Å²) in [6.07, 6.45) is 1.62. The molecule has 7 heteroatoms. The van der Waals surface area contributed by atoms with Gasteiger partial charge in [0.25, 0.3) is 0 Å². The quantitative estimate of drug-likeness (QED) is 0.875. The lowest BCUT2D eigenvalue weighted by Crippen LogP contribution is -2.24. The molecule has 0 amide bonds. The van der Waals surface area contributed by atoms with Gasteiger partial charge in [-0.05, 0) is 31.5 Å². The number of nitrogens with zero attached hydrogens (tertiary/aromatic N) is 4. The van der Waals surface area contributed by atoms with E-state index < -0.39 is 0 Å². The Morgan fingerprint density at radius 3 is 2.82 bits per heavy atom. The van der Waals surface area contributed by atoms with Gasteiger partial charge in [-0.2, -0.15) is 10.1 Å². The maximum absolute atomic E-state index is 5.38. The Kier molecular flexibility index (Phi) is 4.22. The molecule has 0 fully saturated rings. The van der Waals surface area contributed by atoms with Crippen molar-refractivity contribution in [1.29, 1.82) is 0 Å². The Balaban J connectivity index is 1.67. The van der Waals surface area contributed by atoms with E-state index >= 15 is 0 Å². The van der Waals surface area contributed by atoms with Gasteiger partial charge in [0.1, 0.15) is 0 Å². The van der Waals surface area contributed by atoms with Gasteiger partial charge in [0.05, 0.1) is 6.20 Å². The highest BCUT2D eigenvalue weighted by molar-refractivity contribution is 5.46. The smallest absolute Gasteiger partial charge is 0.247 e. The van der Waals surface area contributed by atoms with E-state index in [2.05, 4.69) is 39.2 Å². The number of aromatic nitrogens is 3. The van der Waals surface area contributed by atoms with Crippen LogP contribution in [-0.2, 0) is 6.54 Å². The first-order valence-corrected chi connectivity index (χ1v) is 7.37. The van der Waals surface area contributed by atoms with Crippen LogP contribution in [0.25, 0.3) is 0 Å². The van der Waals surface area contributed by atoms with Crippen LogP contribution in [0.5, 0.6) is 11.5 Å². The first-order chi connectivity index (χ1) is 10.8. The summed E-state index contributed by atoms with van der Waals surface area (Å²) in [5.41, 5.74) is 1.09. The number of ether oxygens (including phenoxy) is 2. The molecule has 7 nitrogen and oxygen atoms in total. The zero-order chi connectivity index (χ0) is 15.4. The van der Waals surface area contributed by atoms with Gasteiger partial charge in [-0.3, -0.25) is 0 Å². The first-order valence-electron chi connectivity index (χ1n) is 7.37. The summed E-state index contributed by atoms with van der Waals surface area (Å²) < 4.78 is 10.7. The first kappa shape index (κ1) is 14.4. The summed E-state index contributed by atoms with van der Waals surface area (Å²) in [5, 5.41) is 11.3. The van der Waals surface area contributed by atoms with Crippen LogP contribution in [0.15, 0.2) is 24.4 Å². The van der Waals surface area contributed by atoms with Gasteiger partial charge in [-0.15, -0.1) is 5.10 Å². The van der Waals surface area contributed by atoms with E-state index in [9.17, 15) is 0 Å². The highest BCUT2D eigenvalue weighted by atomic mass is 16.7. The normalized spacial score (nSPS) is 12.3. The molecule has 1 aromatic heterocycles. The number of rotatable bonds is 6. The molecule has 3 rings (SSSR count). The summed E-state index contributed by atoms with van der Waals surface area (Å²) in [6, 6.07) is 5.88. The molecule has 0 aliphatic carbocycles. The largest absolute Gasteiger partial charge is 0.454 e. The van der Waals surface area contributed by atoms with E-state index in [1.54, 1.807) is 6.20 Å². The molecule has 0 saturated carbocycles. The second-order valence-electron chi connectivity index (χ2n) is 4.86. The summed E-state index contributed by atoms with van der Waals surface area (Å²) in [7, 11) is 0. The second-order valence-corrected chi connectivity index (χ2v) is 4.86. The summed E-state index contributed by atoms with van der Waals surface area (Å²) in [4.78, 5) is 6.54. The van der Waals surface area contributed by atoms with Crippen LogP contribution in [-0.4, -0.2) is 35.1 Å². The van der Waals surface area contributed by atoms with Crippen LogP contribution in [0.1, 0.15) is 19.4 Å². The standard InChI is InChI=1S/C15H19N5O2/c1-3-20(4-2)15-18-14(9-17-19-15)16-8-11-5-6-12-13(7-11)22-10-21-12/h5-7,9H,3-4,8,10H2,1-2H3,(H,16,18,19). The maximum Gasteiger partial charge on any atom is 0.247 e. The van der Waals surface area contributed by atoms with Crippen LogP contribution in [0, 0.1) is 0 Å². The van der Waals surface area contributed by atoms with Crippen molar-refractivity contribution in [2.24, 2.45) is 0 Å². The third kappa shape index (κ3) is 3.03. The van der Waals surface area contributed by atoms with E-state index in [4.69, 9.17) is 9.47 Å². The number of benzene rings is 1. The molecule has 0 unspecified atom stereocenters. The lowest BCUT2D eigenvalue weighted by atomic mass is 10.2. The third-order valence-electron chi connectivity index (χ3n) is 3.50. The molecular weight excluding hydrogens is 282 g/mol. The van der Waals surface area contributed by atoms with Gasteiger partial charge in [-0.25, -0.2) is 0 Å². The molecule has 116 valence electrons. The summed E-state index contributed by atoms with van der Waals surface area (Å²) in [5.74, 6) is 2.91. The van der Waals surface area contributed by atoms with Gasteiger partial charge in [-0.1, -0.05) is 6.07 Å². The number of nitrogens with one attached hydrogen (secondary N) is 1. The van der Waals surface area contributed by atoms with E-state index in [1.165, 1.54) is 0 Å². The average Bonchev–Trinajstić information content (AvgIpc) is 3.02. The second kappa shape index (κ2) is 6.46. The van der Waals surface area contributed by atoms with Gasteiger partial charge in [0.2, 0.25) is 12.7 Å². The van der Waals surface area contributed by atoms with Crippen molar-refractivity contribution in [1.82, 2.24) is 15.2 Å². The fraction of sp³-hybridized carbons (Fsp3) is 0.400. The average molecular weight is 301 g/mol. The van der Waals surface area contributed by atoms with Crippen LogP contribution >= 0.6 is 0 Å². The molecule has 1 aliphatic heterocycles. The highest BCUT2D eigenvalue weighted by Gasteiger charge is 2.13. The van der Waals surface area contributed by atoms with Gasteiger partial charge in [0.15, 0.2) is 17.3 Å². The monoisotopic (exact) mass is 301 g/mol. The lowest BCUT2D eigenvalue weighted by Gasteiger charge is -2.18. The topological polar surface area (TPSA) is 72.4 Å². The molecule has 2 heterocycles. The Hall–Kier alpha value is -2.57. The molecule has 0 bridgehead atoms. The van der Waals surface area contributed by atoms with Crippen molar-refractivity contribution in [3.8, 4) is 11.5 Å². The minimum absolute atomic E-state index is 0.287. The molecule has 1 aliphatic rings. The Bertz CT molecular complexity index is 646. The van der Waals surface area contributed by atoms with Crippen LogP contribution in [0.4, 0.5) is 11.8 Å². The molecule has 0 saturated heterocycles. The zero-order valence-corrected chi connectivity index (χ0v) is 12.7. The summed E-state index contributed by atoms with van der Waals surface area (Å²) >= 11 is 0. The zero-order valence-electron chi connectivity index (χ0n) is 12.7. The molecular formula is C15H19N5O2. The number of hydrogen-bond acceptors (Lipinski definition) is 7. The molecule has 1 aromatic carbocycles. The molecule has 1 N–H and O–H groups in total. The van der Waals surface area contributed by atoms with Crippen molar-refractivity contribution in [3.63, 3.8) is 0 Å². The van der Waals surface area contributed by atoms with Crippen molar-refractivity contribution in [2.45, 2.75) is 20.4 Å². The predicted octanol–water partition coefficient (Wildman–Crippen LogP) is 2.06. The van der Waals surface area contributed by atoms with Crippen LogP contribution in [0.3, 0.4) is 0 Å². The van der Waals surface area contributed by atoms with Gasteiger partial charge < -0.3 is 19.7 Å². The Morgan fingerprint density at radius 2 is 2.00 bits per heavy atom. The molecule has 0 radical (unpaired) electrons. The van der Waals surface area contributed by atoms with Crippen molar-refractivity contribution in [2.75, 3.05) is 30.1 Å². The van der Waals surface area contributed by atoms with Gasteiger partial charge >= 0.3 is 0 Å². The minimum atomic E-state index is 0.287. The van der Waals surface area contributed by atoms with Crippen molar-refractivity contribution >= 4 is 11.8 Å². The van der Waals surface area contributed by atoms with E-state index in [1.807, 2.05) is 18.2 Å². The van der Waals surface area contributed by atoms with E-state index in [0.717, 1.165) is 30.2 Å². The summed E-state index contributed by atoms with van der Waals surface area (Å²) in [6.45, 7) is 6.76. The van der Waals surface area contributed by atoms with Crippen molar-refractivity contribution in [3.05, 3.63) is 30.0 Å². The number of hydrogen-bond donors (Lipinski definition) is 1. The van der Waals surface area contributed by atoms with Gasteiger partial charge in [0, 0.05) is 19.6 Å². The van der Waals surface area contributed by atoms with E-state index in [-0.39, 0.29) is 6.79 Å². The minimum Gasteiger partial charge on any atom is -0.454 e. The number of fused-ring (bicyclic) bond motifs is 1.